The van der Waals surface area contributed by atoms with Gasteiger partial charge in [-0.15, -0.1) is 0 Å². The molecule has 0 aliphatic carbocycles. The van der Waals surface area contributed by atoms with Gasteiger partial charge in [0.1, 0.15) is 5.52 Å². The van der Waals surface area contributed by atoms with E-state index in [2.05, 4.69) is 65.7 Å². The van der Waals surface area contributed by atoms with E-state index in [-0.39, 0.29) is 0 Å². The van der Waals surface area contributed by atoms with E-state index >= 15 is 0 Å². The molecule has 0 saturated heterocycles. The Kier molecular flexibility index (Phi) is 3.89. The van der Waals surface area contributed by atoms with Gasteiger partial charge < -0.3 is 10.2 Å². The molecule has 1 aromatic heterocycles. The summed E-state index contributed by atoms with van der Waals surface area (Å²) in [5.41, 5.74) is 11.8. The van der Waals surface area contributed by atoms with Crippen molar-refractivity contribution in [3.63, 3.8) is 0 Å². The third kappa shape index (κ3) is 2.77. The summed E-state index contributed by atoms with van der Waals surface area (Å²) in [5, 5.41) is 0. The summed E-state index contributed by atoms with van der Waals surface area (Å²) in [6.07, 6.45) is 0. The van der Waals surface area contributed by atoms with Gasteiger partial charge in [0.05, 0.1) is 0 Å². The van der Waals surface area contributed by atoms with Crippen LogP contribution in [0.5, 0.6) is 0 Å². The standard InChI is InChI=1S/C17H17IN2O/c1-10(2)14-7-13(19)8-15-16(14)21-17(20-15)12-5-3-11(9-18)4-6-12/h3-8,10H,9,19H2,1-2H3. The maximum absolute atomic E-state index is 6.01. The molecule has 0 aliphatic heterocycles. The van der Waals surface area contributed by atoms with Crippen LogP contribution in [-0.2, 0) is 4.43 Å². The Morgan fingerprint density at radius 1 is 1.19 bits per heavy atom. The molecule has 0 spiro atoms. The molecule has 1 heterocycles. The first kappa shape index (κ1) is 14.4. The number of nitrogens with zero attached hydrogens (tertiary/aromatic N) is 1. The van der Waals surface area contributed by atoms with Crippen LogP contribution in [0.4, 0.5) is 5.69 Å². The van der Waals surface area contributed by atoms with E-state index in [0.717, 1.165) is 32.3 Å². The highest BCUT2D eigenvalue weighted by Gasteiger charge is 2.14. The molecule has 4 heteroatoms. The molecule has 0 aliphatic rings. The summed E-state index contributed by atoms with van der Waals surface area (Å²) in [6, 6.07) is 12.2. The Morgan fingerprint density at radius 2 is 1.90 bits per heavy atom. The van der Waals surface area contributed by atoms with E-state index in [1.807, 2.05) is 12.1 Å². The zero-order valence-corrected chi connectivity index (χ0v) is 14.2. The summed E-state index contributed by atoms with van der Waals surface area (Å²) in [7, 11) is 0. The van der Waals surface area contributed by atoms with Gasteiger partial charge in [-0.25, -0.2) is 4.98 Å². The highest BCUT2D eigenvalue weighted by Crippen LogP contribution is 2.32. The SMILES string of the molecule is CC(C)c1cc(N)cc2nc(-c3ccc(CI)cc3)oc12. The molecule has 3 aromatic rings. The molecule has 21 heavy (non-hydrogen) atoms. The number of hydrogen-bond acceptors (Lipinski definition) is 3. The number of hydrogen-bond donors (Lipinski definition) is 1. The van der Waals surface area contributed by atoms with Crippen molar-refractivity contribution >= 4 is 39.4 Å². The maximum Gasteiger partial charge on any atom is 0.227 e. The minimum absolute atomic E-state index is 0.346. The second-order valence-electron chi connectivity index (χ2n) is 5.46. The molecule has 0 saturated carbocycles. The van der Waals surface area contributed by atoms with Crippen molar-refractivity contribution in [1.29, 1.82) is 0 Å². The average Bonchev–Trinajstić information content (AvgIpc) is 2.90. The van der Waals surface area contributed by atoms with E-state index in [1.165, 1.54) is 5.56 Å². The number of halogens is 1. The number of fused-ring (bicyclic) bond motifs is 1. The molecule has 0 amide bonds. The largest absolute Gasteiger partial charge is 0.436 e. The van der Waals surface area contributed by atoms with Gasteiger partial charge >= 0.3 is 0 Å². The molecule has 2 N–H and O–H groups in total. The average molecular weight is 392 g/mol. The molecule has 0 radical (unpaired) electrons. The van der Waals surface area contributed by atoms with Crippen LogP contribution in [-0.4, -0.2) is 4.98 Å². The molecular formula is C17H17IN2O. The third-order valence-electron chi connectivity index (χ3n) is 3.52. The Balaban J connectivity index is 2.13. The lowest BCUT2D eigenvalue weighted by molar-refractivity contribution is 0.611. The van der Waals surface area contributed by atoms with Crippen LogP contribution < -0.4 is 5.73 Å². The van der Waals surface area contributed by atoms with Gasteiger partial charge in [0.15, 0.2) is 5.58 Å². The van der Waals surface area contributed by atoms with E-state index < -0.39 is 0 Å². The number of anilines is 1. The van der Waals surface area contributed by atoms with Crippen molar-refractivity contribution in [1.82, 2.24) is 4.98 Å². The van der Waals surface area contributed by atoms with Gasteiger partial charge in [0.2, 0.25) is 5.89 Å². The first-order valence-electron chi connectivity index (χ1n) is 6.93. The van der Waals surface area contributed by atoms with Crippen LogP contribution in [0.15, 0.2) is 40.8 Å². The van der Waals surface area contributed by atoms with E-state index in [0.29, 0.717) is 11.8 Å². The van der Waals surface area contributed by atoms with Crippen molar-refractivity contribution in [2.75, 3.05) is 5.73 Å². The fraction of sp³-hybridized carbons (Fsp3) is 0.235. The fourth-order valence-electron chi connectivity index (χ4n) is 2.37. The van der Waals surface area contributed by atoms with Crippen LogP contribution >= 0.6 is 22.6 Å². The van der Waals surface area contributed by atoms with Gasteiger partial charge in [0.25, 0.3) is 0 Å². The normalized spacial score (nSPS) is 11.4. The lowest BCUT2D eigenvalue weighted by Gasteiger charge is -2.06. The second kappa shape index (κ2) is 5.67. The van der Waals surface area contributed by atoms with Crippen molar-refractivity contribution in [3.8, 4) is 11.5 Å². The molecule has 0 unspecified atom stereocenters. The Morgan fingerprint density at radius 3 is 2.52 bits per heavy atom. The third-order valence-corrected chi connectivity index (χ3v) is 4.40. The van der Waals surface area contributed by atoms with Crippen molar-refractivity contribution in [2.45, 2.75) is 24.2 Å². The predicted molar refractivity (Wildman–Crippen MR) is 95.7 cm³/mol. The molecule has 3 rings (SSSR count). The molecule has 0 atom stereocenters. The van der Waals surface area contributed by atoms with E-state index in [4.69, 9.17) is 10.2 Å². The van der Waals surface area contributed by atoms with Crippen molar-refractivity contribution in [2.24, 2.45) is 0 Å². The molecular weight excluding hydrogens is 375 g/mol. The monoisotopic (exact) mass is 392 g/mol. The zero-order valence-electron chi connectivity index (χ0n) is 12.1. The summed E-state index contributed by atoms with van der Waals surface area (Å²) in [4.78, 5) is 4.59. The highest BCUT2D eigenvalue weighted by molar-refractivity contribution is 14.1. The number of nitrogens with two attached hydrogens (primary N) is 1. The first-order valence-corrected chi connectivity index (χ1v) is 8.46. The van der Waals surface area contributed by atoms with Crippen LogP contribution in [0.2, 0.25) is 0 Å². The molecule has 3 nitrogen and oxygen atoms in total. The van der Waals surface area contributed by atoms with Gasteiger partial charge in [-0.2, -0.15) is 0 Å². The number of rotatable bonds is 3. The fourth-order valence-corrected chi connectivity index (χ4v) is 2.88. The number of benzene rings is 2. The number of alkyl halides is 1. The van der Waals surface area contributed by atoms with Crippen LogP contribution in [0.3, 0.4) is 0 Å². The molecule has 0 bridgehead atoms. The van der Waals surface area contributed by atoms with Crippen molar-refractivity contribution in [3.05, 3.63) is 47.5 Å². The highest BCUT2D eigenvalue weighted by atomic mass is 127. The zero-order chi connectivity index (χ0) is 15.0. The quantitative estimate of drug-likeness (QED) is 0.382. The summed E-state index contributed by atoms with van der Waals surface area (Å²) < 4.78 is 7.01. The van der Waals surface area contributed by atoms with Crippen LogP contribution in [0.1, 0.15) is 30.9 Å². The Labute approximate surface area is 137 Å². The summed E-state index contributed by atoms with van der Waals surface area (Å²) in [6.45, 7) is 4.26. The van der Waals surface area contributed by atoms with Crippen LogP contribution in [0, 0.1) is 0 Å². The van der Waals surface area contributed by atoms with Gasteiger partial charge in [-0.1, -0.05) is 48.6 Å². The molecule has 0 fully saturated rings. The van der Waals surface area contributed by atoms with E-state index in [9.17, 15) is 0 Å². The van der Waals surface area contributed by atoms with Crippen molar-refractivity contribution < 1.29 is 4.42 Å². The minimum Gasteiger partial charge on any atom is -0.436 e. The minimum atomic E-state index is 0.346. The van der Waals surface area contributed by atoms with Crippen LogP contribution in [0.25, 0.3) is 22.6 Å². The predicted octanol–water partition coefficient (Wildman–Crippen LogP) is 5.14. The smallest absolute Gasteiger partial charge is 0.227 e. The summed E-state index contributed by atoms with van der Waals surface area (Å²) >= 11 is 2.35. The Hall–Kier alpha value is -1.56. The molecule has 2 aromatic carbocycles. The first-order chi connectivity index (χ1) is 10.1. The second-order valence-corrected chi connectivity index (χ2v) is 6.23. The van der Waals surface area contributed by atoms with Gasteiger partial charge in [-0.3, -0.25) is 0 Å². The van der Waals surface area contributed by atoms with Gasteiger partial charge in [-0.05, 0) is 35.7 Å². The molecule has 108 valence electrons. The summed E-state index contributed by atoms with van der Waals surface area (Å²) in [5.74, 6) is 0.996. The number of oxazole rings is 1. The number of aromatic nitrogens is 1. The van der Waals surface area contributed by atoms with Gasteiger partial charge in [0, 0.05) is 21.2 Å². The maximum atomic E-state index is 6.01. The van der Waals surface area contributed by atoms with E-state index in [1.54, 1.807) is 0 Å². The lowest BCUT2D eigenvalue weighted by Crippen LogP contribution is -1.92. The topological polar surface area (TPSA) is 52.0 Å². The lowest BCUT2D eigenvalue weighted by atomic mass is 10.0. The number of nitrogen functional groups attached to an aromatic ring is 1. The Bertz CT molecular complexity index is 775.